The van der Waals surface area contributed by atoms with E-state index in [9.17, 15) is 14.4 Å². The second kappa shape index (κ2) is 6.66. The Kier molecular flexibility index (Phi) is 4.44. The number of benzene rings is 1. The van der Waals surface area contributed by atoms with Crippen LogP contribution in [0.15, 0.2) is 23.0 Å². The molecule has 2 heterocycles. The van der Waals surface area contributed by atoms with Gasteiger partial charge in [-0.1, -0.05) is 32.4 Å². The van der Waals surface area contributed by atoms with Crippen LogP contribution in [0.25, 0.3) is 11.0 Å². The van der Waals surface area contributed by atoms with Gasteiger partial charge in [-0.25, -0.2) is 4.79 Å². The zero-order valence-corrected chi connectivity index (χ0v) is 16.2. The minimum atomic E-state index is -0.624. The maximum absolute atomic E-state index is 13.0. The topological polar surface area (TPSA) is 73.1 Å². The highest BCUT2D eigenvalue weighted by atomic mass is 16.2. The van der Waals surface area contributed by atoms with Crippen molar-refractivity contribution >= 4 is 22.8 Å². The van der Waals surface area contributed by atoms with Crippen LogP contribution in [0.1, 0.15) is 63.5 Å². The molecule has 6 heteroatoms. The molecule has 2 amide bonds. The summed E-state index contributed by atoms with van der Waals surface area (Å²) >= 11 is 0. The molecular formula is C21H27N3O3. The third-order valence-corrected chi connectivity index (χ3v) is 6.76. The van der Waals surface area contributed by atoms with E-state index in [0.29, 0.717) is 24.2 Å². The number of rotatable bonds is 4. The van der Waals surface area contributed by atoms with E-state index in [4.69, 9.17) is 0 Å². The van der Waals surface area contributed by atoms with Crippen LogP contribution in [-0.2, 0) is 16.6 Å². The van der Waals surface area contributed by atoms with E-state index in [-0.39, 0.29) is 23.9 Å². The molecule has 1 saturated heterocycles. The van der Waals surface area contributed by atoms with E-state index in [1.165, 1.54) is 12.0 Å². The Balaban J connectivity index is 1.83. The van der Waals surface area contributed by atoms with Crippen molar-refractivity contribution in [2.24, 2.45) is 18.9 Å². The molecule has 144 valence electrons. The zero-order valence-electron chi connectivity index (χ0n) is 16.2. The van der Waals surface area contributed by atoms with Crippen LogP contribution in [-0.4, -0.2) is 20.9 Å². The Hall–Kier alpha value is -2.37. The fourth-order valence-electron chi connectivity index (χ4n) is 4.89. The number of para-hydroxylation sites is 1. The van der Waals surface area contributed by atoms with Crippen LogP contribution < -0.4 is 11.0 Å². The fraction of sp³-hybridized carbons (Fsp3) is 0.571. The Morgan fingerprint density at radius 3 is 2.59 bits per heavy atom. The van der Waals surface area contributed by atoms with Crippen molar-refractivity contribution in [2.45, 2.75) is 57.9 Å². The van der Waals surface area contributed by atoms with Crippen molar-refractivity contribution in [1.82, 2.24) is 14.5 Å². The molecule has 4 rings (SSSR count). The number of amides is 2. The standard InChI is InChI=1S/C21H27N3O3/c1-4-12(2)13-8-9-14(13)15-6-5-7-16-19(15)23(3)21(27)24(16)17-10-11-18(25)22-20(17)26/h5-7,12-14,17H,4,8-11H2,1-3H3,(H,22,25,26). The van der Waals surface area contributed by atoms with Gasteiger partial charge in [0, 0.05) is 13.5 Å². The molecule has 2 aromatic rings. The van der Waals surface area contributed by atoms with Gasteiger partial charge in [-0.15, -0.1) is 0 Å². The number of carbonyl (C=O) groups is 2. The second-order valence-corrected chi connectivity index (χ2v) is 8.13. The number of carbonyl (C=O) groups excluding carboxylic acids is 2. The van der Waals surface area contributed by atoms with Crippen molar-refractivity contribution in [3.63, 3.8) is 0 Å². The smallest absolute Gasteiger partial charge is 0.295 e. The number of aryl methyl sites for hydroxylation is 1. The lowest BCUT2D eigenvalue weighted by Gasteiger charge is -2.41. The summed E-state index contributed by atoms with van der Waals surface area (Å²) in [5.41, 5.74) is 2.76. The first-order chi connectivity index (χ1) is 12.9. The molecule has 4 unspecified atom stereocenters. The van der Waals surface area contributed by atoms with Crippen LogP contribution in [0.2, 0.25) is 0 Å². The summed E-state index contributed by atoms with van der Waals surface area (Å²) in [6, 6.07) is 5.42. The molecule has 2 aliphatic rings. The third-order valence-electron chi connectivity index (χ3n) is 6.76. The number of nitrogens with one attached hydrogen (secondary N) is 1. The van der Waals surface area contributed by atoms with E-state index >= 15 is 0 Å². The van der Waals surface area contributed by atoms with Gasteiger partial charge in [0.1, 0.15) is 6.04 Å². The molecule has 1 N–H and O–H groups in total. The van der Waals surface area contributed by atoms with E-state index in [0.717, 1.165) is 23.9 Å². The number of piperidine rings is 1. The molecule has 1 aromatic heterocycles. The number of fused-ring (bicyclic) bond motifs is 1. The summed E-state index contributed by atoms with van der Waals surface area (Å²) in [6.45, 7) is 4.54. The lowest BCUT2D eigenvalue weighted by molar-refractivity contribution is -0.135. The number of imide groups is 1. The van der Waals surface area contributed by atoms with Gasteiger partial charge >= 0.3 is 5.69 Å². The monoisotopic (exact) mass is 369 g/mol. The van der Waals surface area contributed by atoms with Crippen molar-refractivity contribution in [3.05, 3.63) is 34.2 Å². The molecule has 1 aliphatic heterocycles. The van der Waals surface area contributed by atoms with Gasteiger partial charge in [0.25, 0.3) is 0 Å². The minimum Gasteiger partial charge on any atom is -0.295 e. The minimum absolute atomic E-state index is 0.189. The average Bonchev–Trinajstić information content (AvgIpc) is 2.86. The van der Waals surface area contributed by atoms with Crippen molar-refractivity contribution in [2.75, 3.05) is 0 Å². The first-order valence-corrected chi connectivity index (χ1v) is 9.97. The van der Waals surface area contributed by atoms with E-state index in [1.54, 1.807) is 16.2 Å². The first kappa shape index (κ1) is 18.0. The number of hydrogen-bond donors (Lipinski definition) is 1. The summed E-state index contributed by atoms with van der Waals surface area (Å²) < 4.78 is 3.26. The van der Waals surface area contributed by atoms with Crippen LogP contribution in [0, 0.1) is 11.8 Å². The van der Waals surface area contributed by atoms with Gasteiger partial charge in [0.05, 0.1) is 11.0 Å². The summed E-state index contributed by atoms with van der Waals surface area (Å²) in [5, 5.41) is 2.37. The fourth-order valence-corrected chi connectivity index (χ4v) is 4.89. The molecule has 2 fully saturated rings. The van der Waals surface area contributed by atoms with E-state index in [2.05, 4.69) is 25.2 Å². The maximum atomic E-state index is 13.0. The highest BCUT2D eigenvalue weighted by Gasteiger charge is 2.38. The van der Waals surface area contributed by atoms with Gasteiger partial charge in [-0.3, -0.25) is 24.0 Å². The Labute approximate surface area is 158 Å². The van der Waals surface area contributed by atoms with Gasteiger partial charge in [-0.05, 0) is 48.6 Å². The molecular weight excluding hydrogens is 342 g/mol. The molecule has 6 nitrogen and oxygen atoms in total. The Morgan fingerprint density at radius 1 is 1.19 bits per heavy atom. The summed E-state index contributed by atoms with van der Waals surface area (Å²) in [7, 11) is 1.79. The summed E-state index contributed by atoms with van der Waals surface area (Å²) in [4.78, 5) is 36.9. The largest absolute Gasteiger partial charge is 0.329 e. The maximum Gasteiger partial charge on any atom is 0.329 e. The summed E-state index contributed by atoms with van der Waals surface area (Å²) in [6.07, 6.45) is 4.17. The molecule has 0 spiro atoms. The second-order valence-electron chi connectivity index (χ2n) is 8.13. The first-order valence-electron chi connectivity index (χ1n) is 9.97. The number of hydrogen-bond acceptors (Lipinski definition) is 3. The predicted octanol–water partition coefficient (Wildman–Crippen LogP) is 2.86. The molecule has 0 radical (unpaired) electrons. The van der Waals surface area contributed by atoms with Gasteiger partial charge < -0.3 is 0 Å². The molecule has 1 aliphatic carbocycles. The Morgan fingerprint density at radius 2 is 1.96 bits per heavy atom. The van der Waals surface area contributed by atoms with Gasteiger partial charge in [0.2, 0.25) is 11.8 Å². The SMILES string of the molecule is CCC(C)C1CCC1c1cccc2c1n(C)c(=O)n2C1CCC(=O)NC1=O. The lowest BCUT2D eigenvalue weighted by Crippen LogP contribution is -2.44. The molecule has 1 saturated carbocycles. The van der Waals surface area contributed by atoms with Crippen LogP contribution in [0.3, 0.4) is 0 Å². The normalized spacial score (nSPS) is 26.7. The highest BCUT2D eigenvalue weighted by molar-refractivity contribution is 6.00. The lowest BCUT2D eigenvalue weighted by atomic mass is 9.64. The molecule has 4 atom stereocenters. The van der Waals surface area contributed by atoms with E-state index < -0.39 is 6.04 Å². The molecule has 0 bridgehead atoms. The third kappa shape index (κ3) is 2.73. The molecule has 27 heavy (non-hydrogen) atoms. The summed E-state index contributed by atoms with van der Waals surface area (Å²) in [5.74, 6) is 1.12. The van der Waals surface area contributed by atoms with Crippen molar-refractivity contribution < 1.29 is 9.59 Å². The predicted molar refractivity (Wildman–Crippen MR) is 104 cm³/mol. The Bertz CT molecular complexity index is 971. The van der Waals surface area contributed by atoms with E-state index in [1.807, 2.05) is 12.1 Å². The van der Waals surface area contributed by atoms with Crippen LogP contribution in [0.5, 0.6) is 0 Å². The van der Waals surface area contributed by atoms with Crippen molar-refractivity contribution in [1.29, 1.82) is 0 Å². The van der Waals surface area contributed by atoms with Gasteiger partial charge in [0.15, 0.2) is 0 Å². The average molecular weight is 369 g/mol. The quantitative estimate of drug-likeness (QED) is 0.842. The van der Waals surface area contributed by atoms with Crippen LogP contribution in [0.4, 0.5) is 0 Å². The zero-order chi connectivity index (χ0) is 19.3. The van der Waals surface area contributed by atoms with Gasteiger partial charge in [-0.2, -0.15) is 0 Å². The number of nitrogens with zero attached hydrogens (tertiary/aromatic N) is 2. The highest BCUT2D eigenvalue weighted by Crippen LogP contribution is 2.49. The van der Waals surface area contributed by atoms with Crippen LogP contribution >= 0.6 is 0 Å². The number of imidazole rings is 1. The van der Waals surface area contributed by atoms with Crippen molar-refractivity contribution in [3.8, 4) is 0 Å². The number of aromatic nitrogens is 2. The molecule has 1 aromatic carbocycles.